The van der Waals surface area contributed by atoms with Crippen molar-refractivity contribution in [2.75, 3.05) is 7.11 Å². The lowest BCUT2D eigenvalue weighted by Gasteiger charge is -2.18. The van der Waals surface area contributed by atoms with Crippen LogP contribution in [-0.2, 0) is 6.42 Å². The highest BCUT2D eigenvalue weighted by Crippen LogP contribution is 2.29. The quantitative estimate of drug-likeness (QED) is 0.770. The van der Waals surface area contributed by atoms with Crippen LogP contribution < -0.4 is 4.74 Å². The van der Waals surface area contributed by atoms with Gasteiger partial charge >= 0.3 is 0 Å². The van der Waals surface area contributed by atoms with E-state index >= 15 is 0 Å². The first-order valence-corrected chi connectivity index (χ1v) is 6.22. The van der Waals surface area contributed by atoms with Gasteiger partial charge in [0.25, 0.3) is 0 Å². The molecule has 2 aromatic rings. The number of benzene rings is 1. The SMILES string of the molecule is COc1ccc2c(c1)C(=O)C(=Cc1ccoc1)CC2. The molecular formula is C16H14O3. The number of allylic oxidation sites excluding steroid dienone is 1. The topological polar surface area (TPSA) is 39.4 Å². The molecule has 0 fully saturated rings. The summed E-state index contributed by atoms with van der Waals surface area (Å²) in [5, 5.41) is 0. The molecule has 0 amide bonds. The van der Waals surface area contributed by atoms with Crippen LogP contribution in [-0.4, -0.2) is 12.9 Å². The van der Waals surface area contributed by atoms with E-state index in [4.69, 9.17) is 9.15 Å². The number of ketones is 1. The van der Waals surface area contributed by atoms with E-state index in [0.29, 0.717) is 0 Å². The van der Waals surface area contributed by atoms with Crippen LogP contribution in [0.3, 0.4) is 0 Å². The third kappa shape index (κ3) is 2.19. The Hall–Kier alpha value is -2.29. The van der Waals surface area contributed by atoms with Gasteiger partial charge in [-0.3, -0.25) is 4.79 Å². The first-order chi connectivity index (χ1) is 9.28. The summed E-state index contributed by atoms with van der Waals surface area (Å²) in [4.78, 5) is 12.5. The van der Waals surface area contributed by atoms with Crippen LogP contribution in [0.4, 0.5) is 0 Å². The largest absolute Gasteiger partial charge is 0.497 e. The summed E-state index contributed by atoms with van der Waals surface area (Å²) in [6, 6.07) is 7.54. The molecule has 3 rings (SSSR count). The van der Waals surface area contributed by atoms with E-state index in [1.807, 2.05) is 30.3 Å². The molecule has 0 radical (unpaired) electrons. The second kappa shape index (κ2) is 4.76. The molecule has 1 aromatic heterocycles. The van der Waals surface area contributed by atoms with E-state index in [1.54, 1.807) is 19.6 Å². The van der Waals surface area contributed by atoms with Crippen molar-refractivity contribution in [1.29, 1.82) is 0 Å². The van der Waals surface area contributed by atoms with Gasteiger partial charge in [-0.05, 0) is 42.7 Å². The van der Waals surface area contributed by atoms with Crippen molar-refractivity contribution in [2.24, 2.45) is 0 Å². The summed E-state index contributed by atoms with van der Waals surface area (Å²) in [5.74, 6) is 0.804. The highest BCUT2D eigenvalue weighted by Gasteiger charge is 2.22. The maximum atomic E-state index is 12.5. The van der Waals surface area contributed by atoms with Crippen molar-refractivity contribution in [3.05, 3.63) is 59.1 Å². The van der Waals surface area contributed by atoms with Crippen molar-refractivity contribution in [3.63, 3.8) is 0 Å². The first kappa shape index (κ1) is 11.8. The monoisotopic (exact) mass is 254 g/mol. The van der Waals surface area contributed by atoms with Crippen molar-refractivity contribution in [1.82, 2.24) is 0 Å². The van der Waals surface area contributed by atoms with E-state index < -0.39 is 0 Å². The number of fused-ring (bicyclic) bond motifs is 1. The third-order valence-electron chi connectivity index (χ3n) is 3.40. The second-order valence-corrected chi connectivity index (χ2v) is 4.58. The van der Waals surface area contributed by atoms with Crippen LogP contribution in [0.15, 0.2) is 46.8 Å². The van der Waals surface area contributed by atoms with Gasteiger partial charge in [0.15, 0.2) is 5.78 Å². The van der Waals surface area contributed by atoms with E-state index in [0.717, 1.165) is 40.9 Å². The molecule has 0 N–H and O–H groups in total. The fraction of sp³-hybridized carbons (Fsp3) is 0.188. The zero-order valence-electron chi connectivity index (χ0n) is 10.7. The molecule has 19 heavy (non-hydrogen) atoms. The lowest BCUT2D eigenvalue weighted by atomic mass is 9.86. The molecule has 0 unspecified atom stereocenters. The number of carbonyl (C=O) groups is 1. The fourth-order valence-electron chi connectivity index (χ4n) is 2.36. The summed E-state index contributed by atoms with van der Waals surface area (Å²) in [6.07, 6.45) is 6.80. The van der Waals surface area contributed by atoms with Gasteiger partial charge in [0.2, 0.25) is 0 Å². The Morgan fingerprint density at radius 3 is 2.89 bits per heavy atom. The Bertz CT molecular complexity index is 636. The average Bonchev–Trinajstić information content (AvgIpc) is 2.95. The summed E-state index contributed by atoms with van der Waals surface area (Å²) >= 11 is 0. The number of hydrogen-bond donors (Lipinski definition) is 0. The molecular weight excluding hydrogens is 240 g/mol. The number of methoxy groups -OCH3 is 1. The molecule has 1 aliphatic carbocycles. The highest BCUT2D eigenvalue weighted by atomic mass is 16.5. The van der Waals surface area contributed by atoms with Crippen LogP contribution in [0.1, 0.15) is 27.9 Å². The number of aryl methyl sites for hydroxylation is 1. The van der Waals surface area contributed by atoms with Crippen molar-refractivity contribution in [2.45, 2.75) is 12.8 Å². The van der Waals surface area contributed by atoms with Gasteiger partial charge < -0.3 is 9.15 Å². The lowest BCUT2D eigenvalue weighted by molar-refractivity contribution is 0.102. The van der Waals surface area contributed by atoms with Crippen LogP contribution in [0.25, 0.3) is 6.08 Å². The molecule has 3 heteroatoms. The summed E-state index contributed by atoms with van der Waals surface area (Å²) in [7, 11) is 1.61. The number of ether oxygens (including phenoxy) is 1. The molecule has 1 aromatic carbocycles. The molecule has 0 spiro atoms. The molecule has 1 aliphatic rings. The number of rotatable bonds is 2. The van der Waals surface area contributed by atoms with Crippen LogP contribution in [0, 0.1) is 0 Å². The van der Waals surface area contributed by atoms with Crippen molar-refractivity contribution < 1.29 is 13.9 Å². The standard InChI is InChI=1S/C16H14O3/c1-18-14-5-4-12-2-3-13(16(17)15(12)9-14)8-11-6-7-19-10-11/h4-10H,2-3H2,1H3. The van der Waals surface area contributed by atoms with Crippen molar-refractivity contribution in [3.8, 4) is 5.75 Å². The maximum absolute atomic E-state index is 12.5. The normalized spacial score (nSPS) is 16.5. The van der Waals surface area contributed by atoms with E-state index in [-0.39, 0.29) is 5.78 Å². The van der Waals surface area contributed by atoms with E-state index in [9.17, 15) is 4.79 Å². The van der Waals surface area contributed by atoms with Crippen molar-refractivity contribution >= 4 is 11.9 Å². The fourth-order valence-corrected chi connectivity index (χ4v) is 2.36. The number of furan rings is 1. The molecule has 1 heterocycles. The number of hydrogen-bond acceptors (Lipinski definition) is 3. The van der Waals surface area contributed by atoms with E-state index in [2.05, 4.69) is 0 Å². The summed E-state index contributed by atoms with van der Waals surface area (Å²) in [5.41, 5.74) is 3.59. The van der Waals surface area contributed by atoms with Gasteiger partial charge in [0.05, 0.1) is 19.6 Å². The number of Topliss-reactive ketones (excluding diaryl/α,β-unsaturated/α-hetero) is 1. The molecule has 3 nitrogen and oxygen atoms in total. The minimum Gasteiger partial charge on any atom is -0.497 e. The van der Waals surface area contributed by atoms with Gasteiger partial charge in [-0.2, -0.15) is 0 Å². The molecule has 0 aliphatic heterocycles. The Morgan fingerprint density at radius 2 is 2.16 bits per heavy atom. The molecule has 0 saturated carbocycles. The minimum atomic E-state index is 0.0846. The maximum Gasteiger partial charge on any atom is 0.189 e. The lowest BCUT2D eigenvalue weighted by Crippen LogP contribution is -2.14. The average molecular weight is 254 g/mol. The zero-order chi connectivity index (χ0) is 13.2. The smallest absolute Gasteiger partial charge is 0.189 e. The van der Waals surface area contributed by atoms with Crippen LogP contribution in [0.2, 0.25) is 0 Å². The zero-order valence-corrected chi connectivity index (χ0v) is 10.7. The Morgan fingerprint density at radius 1 is 1.26 bits per heavy atom. The number of carbonyl (C=O) groups excluding carboxylic acids is 1. The van der Waals surface area contributed by atoms with E-state index in [1.165, 1.54) is 0 Å². The summed E-state index contributed by atoms with van der Waals surface area (Å²) < 4.78 is 10.2. The Labute approximate surface area is 111 Å². The third-order valence-corrected chi connectivity index (χ3v) is 3.40. The molecule has 0 saturated heterocycles. The minimum absolute atomic E-state index is 0.0846. The van der Waals surface area contributed by atoms with Gasteiger partial charge in [0.1, 0.15) is 5.75 Å². The predicted octanol–water partition coefficient (Wildman–Crippen LogP) is 3.50. The first-order valence-electron chi connectivity index (χ1n) is 6.22. The van der Waals surface area contributed by atoms with Gasteiger partial charge in [-0.1, -0.05) is 6.07 Å². The molecule has 0 bridgehead atoms. The van der Waals surface area contributed by atoms with Gasteiger partial charge in [0, 0.05) is 16.7 Å². The van der Waals surface area contributed by atoms with Crippen LogP contribution in [0.5, 0.6) is 5.75 Å². The highest BCUT2D eigenvalue weighted by molar-refractivity contribution is 6.13. The molecule has 0 atom stereocenters. The van der Waals surface area contributed by atoms with Crippen LogP contribution >= 0.6 is 0 Å². The van der Waals surface area contributed by atoms with Gasteiger partial charge in [-0.15, -0.1) is 0 Å². The summed E-state index contributed by atoms with van der Waals surface area (Å²) in [6.45, 7) is 0. The Balaban J connectivity index is 1.99. The van der Waals surface area contributed by atoms with Gasteiger partial charge in [-0.25, -0.2) is 0 Å². The predicted molar refractivity (Wildman–Crippen MR) is 72.3 cm³/mol. The second-order valence-electron chi connectivity index (χ2n) is 4.58. The Kier molecular flexibility index (Phi) is 2.95. The molecule has 96 valence electrons.